The van der Waals surface area contributed by atoms with Gasteiger partial charge in [-0.05, 0) is 12.0 Å². The van der Waals surface area contributed by atoms with Gasteiger partial charge in [-0.3, -0.25) is 0 Å². The van der Waals surface area contributed by atoms with Gasteiger partial charge in [0.05, 0.1) is 0 Å². The molecule has 0 bridgehead atoms. The Morgan fingerprint density at radius 1 is 0.905 bits per heavy atom. The van der Waals surface area contributed by atoms with Crippen molar-refractivity contribution in [2.45, 2.75) is 6.42 Å². The van der Waals surface area contributed by atoms with Crippen LogP contribution in [-0.2, 0) is 6.42 Å². The highest BCUT2D eigenvalue weighted by molar-refractivity contribution is 6.34. The van der Waals surface area contributed by atoms with Crippen molar-refractivity contribution < 1.29 is 0 Å². The third kappa shape index (κ3) is 2.98. The number of anilines is 1. The lowest BCUT2D eigenvalue weighted by atomic mass is 10.1. The molecule has 1 heterocycles. The summed E-state index contributed by atoms with van der Waals surface area (Å²) in [6, 6.07) is 18.4. The molecule has 0 saturated carbocycles. The molecule has 3 nitrogen and oxygen atoms in total. The Hall–Kier alpha value is -2.13. The average Bonchev–Trinajstić information content (AvgIpc) is 2.54. The summed E-state index contributed by atoms with van der Waals surface area (Å²) in [5, 5.41) is 10.7. The molecule has 0 atom stereocenters. The standard InChI is InChI=1S/C17H16ClN3/c1-21(12-11-13-7-3-2-4-8-13)17-15-10-6-5-9-14(15)16(18)19-20-17/h2-10H,11-12H2,1H3. The van der Waals surface area contributed by atoms with E-state index in [2.05, 4.69) is 39.4 Å². The summed E-state index contributed by atoms with van der Waals surface area (Å²) in [4.78, 5) is 2.12. The first kappa shape index (κ1) is 13.8. The van der Waals surface area contributed by atoms with Gasteiger partial charge >= 0.3 is 0 Å². The summed E-state index contributed by atoms with van der Waals surface area (Å²) < 4.78 is 0. The topological polar surface area (TPSA) is 29.0 Å². The number of likely N-dealkylation sites (N-methyl/N-ethyl adjacent to an activating group) is 1. The maximum Gasteiger partial charge on any atom is 0.159 e. The van der Waals surface area contributed by atoms with Crippen molar-refractivity contribution >= 4 is 28.2 Å². The Bertz CT molecular complexity index is 743. The normalized spacial score (nSPS) is 10.8. The minimum Gasteiger partial charge on any atom is -0.357 e. The number of nitrogens with zero attached hydrogens (tertiary/aromatic N) is 3. The van der Waals surface area contributed by atoms with Crippen LogP contribution in [0, 0.1) is 0 Å². The van der Waals surface area contributed by atoms with Crippen molar-refractivity contribution in [1.29, 1.82) is 0 Å². The van der Waals surface area contributed by atoms with Gasteiger partial charge < -0.3 is 4.90 Å². The highest BCUT2D eigenvalue weighted by Crippen LogP contribution is 2.27. The molecule has 0 aliphatic carbocycles. The van der Waals surface area contributed by atoms with E-state index in [4.69, 9.17) is 11.6 Å². The van der Waals surface area contributed by atoms with Crippen molar-refractivity contribution in [3.8, 4) is 0 Å². The third-order valence-electron chi connectivity index (χ3n) is 3.56. The van der Waals surface area contributed by atoms with Crippen LogP contribution in [0.4, 0.5) is 5.82 Å². The smallest absolute Gasteiger partial charge is 0.159 e. The SMILES string of the molecule is CN(CCc1ccccc1)c1nnc(Cl)c2ccccc12. The molecule has 0 unspecified atom stereocenters. The maximum absolute atomic E-state index is 6.11. The monoisotopic (exact) mass is 297 g/mol. The molecule has 0 fully saturated rings. The fourth-order valence-corrected chi connectivity index (χ4v) is 2.59. The zero-order chi connectivity index (χ0) is 14.7. The number of hydrogen-bond acceptors (Lipinski definition) is 3. The van der Waals surface area contributed by atoms with Crippen LogP contribution < -0.4 is 4.90 Å². The van der Waals surface area contributed by atoms with Gasteiger partial charge in [0.25, 0.3) is 0 Å². The van der Waals surface area contributed by atoms with Gasteiger partial charge in [-0.25, -0.2) is 0 Å². The molecular formula is C17H16ClN3. The summed E-state index contributed by atoms with van der Waals surface area (Å²) in [7, 11) is 2.04. The molecule has 0 saturated heterocycles. The summed E-state index contributed by atoms with van der Waals surface area (Å²) >= 11 is 6.11. The van der Waals surface area contributed by atoms with Gasteiger partial charge in [-0.2, -0.15) is 0 Å². The Labute approximate surface area is 129 Å². The van der Waals surface area contributed by atoms with Gasteiger partial charge in [0, 0.05) is 24.4 Å². The van der Waals surface area contributed by atoms with Gasteiger partial charge in [-0.1, -0.05) is 66.2 Å². The highest BCUT2D eigenvalue weighted by Gasteiger charge is 2.11. The number of hydrogen-bond donors (Lipinski definition) is 0. The second-order valence-corrected chi connectivity index (χ2v) is 5.38. The van der Waals surface area contributed by atoms with Crippen LogP contribution in [0.1, 0.15) is 5.56 Å². The van der Waals surface area contributed by atoms with Crippen molar-refractivity contribution in [3.63, 3.8) is 0 Å². The van der Waals surface area contributed by atoms with Crippen LogP contribution in [0.2, 0.25) is 5.15 Å². The fraction of sp³-hybridized carbons (Fsp3) is 0.176. The van der Waals surface area contributed by atoms with Crippen LogP contribution in [0.15, 0.2) is 54.6 Å². The van der Waals surface area contributed by atoms with E-state index in [9.17, 15) is 0 Å². The average molecular weight is 298 g/mol. The lowest BCUT2D eigenvalue weighted by molar-refractivity contribution is 0.847. The molecule has 0 amide bonds. The molecule has 4 heteroatoms. The number of fused-ring (bicyclic) bond motifs is 1. The summed E-state index contributed by atoms with van der Waals surface area (Å²) in [5.41, 5.74) is 1.32. The maximum atomic E-state index is 6.11. The summed E-state index contributed by atoms with van der Waals surface area (Å²) in [6.45, 7) is 0.879. The molecule has 106 valence electrons. The van der Waals surface area contributed by atoms with Crippen LogP contribution in [0.3, 0.4) is 0 Å². The molecule has 21 heavy (non-hydrogen) atoms. The first-order valence-corrected chi connectivity index (χ1v) is 7.29. The predicted molar refractivity (Wildman–Crippen MR) is 88.0 cm³/mol. The first-order chi connectivity index (χ1) is 10.3. The van der Waals surface area contributed by atoms with E-state index in [1.165, 1.54) is 5.56 Å². The van der Waals surface area contributed by atoms with Crippen molar-refractivity contribution in [1.82, 2.24) is 10.2 Å². The molecule has 2 aromatic carbocycles. The zero-order valence-corrected chi connectivity index (χ0v) is 12.6. The van der Waals surface area contributed by atoms with Crippen molar-refractivity contribution in [2.24, 2.45) is 0 Å². The van der Waals surface area contributed by atoms with E-state index in [1.807, 2.05) is 37.4 Å². The lowest BCUT2D eigenvalue weighted by Crippen LogP contribution is -2.22. The second-order valence-electron chi connectivity index (χ2n) is 5.02. The fourth-order valence-electron chi connectivity index (χ4n) is 2.39. The van der Waals surface area contributed by atoms with Crippen molar-refractivity contribution in [2.75, 3.05) is 18.5 Å². The Kier molecular flexibility index (Phi) is 4.02. The van der Waals surface area contributed by atoms with E-state index < -0.39 is 0 Å². The molecule has 3 rings (SSSR count). The Morgan fingerprint density at radius 2 is 1.57 bits per heavy atom. The summed E-state index contributed by atoms with van der Waals surface area (Å²) in [5.74, 6) is 0.867. The molecule has 0 N–H and O–H groups in total. The molecule has 1 aromatic heterocycles. The van der Waals surface area contributed by atoms with Gasteiger partial charge in [0.15, 0.2) is 11.0 Å². The van der Waals surface area contributed by atoms with E-state index in [0.717, 1.165) is 29.6 Å². The minimum absolute atomic E-state index is 0.450. The van der Waals surface area contributed by atoms with E-state index >= 15 is 0 Å². The number of aromatic nitrogens is 2. The summed E-state index contributed by atoms with van der Waals surface area (Å²) in [6.07, 6.45) is 0.968. The molecule has 0 spiro atoms. The van der Waals surface area contributed by atoms with Gasteiger partial charge in [0.1, 0.15) is 0 Å². The third-order valence-corrected chi connectivity index (χ3v) is 3.84. The van der Waals surface area contributed by atoms with Crippen molar-refractivity contribution in [3.05, 3.63) is 65.3 Å². The second kappa shape index (κ2) is 6.10. The van der Waals surface area contributed by atoms with Gasteiger partial charge in [-0.15, -0.1) is 10.2 Å². The molecule has 0 radical (unpaired) electrons. The number of halogens is 1. The van der Waals surface area contributed by atoms with E-state index in [0.29, 0.717) is 5.15 Å². The Morgan fingerprint density at radius 3 is 2.33 bits per heavy atom. The number of rotatable bonds is 4. The van der Waals surface area contributed by atoms with Crippen LogP contribution in [0.5, 0.6) is 0 Å². The van der Waals surface area contributed by atoms with E-state index in [-0.39, 0.29) is 0 Å². The Balaban J connectivity index is 1.85. The van der Waals surface area contributed by atoms with Crippen LogP contribution in [0.25, 0.3) is 10.8 Å². The molecule has 0 aliphatic rings. The minimum atomic E-state index is 0.450. The molecular weight excluding hydrogens is 282 g/mol. The van der Waals surface area contributed by atoms with Crippen LogP contribution in [-0.4, -0.2) is 23.8 Å². The molecule has 3 aromatic rings. The van der Waals surface area contributed by atoms with E-state index in [1.54, 1.807) is 0 Å². The quantitative estimate of drug-likeness (QED) is 0.730. The van der Waals surface area contributed by atoms with Gasteiger partial charge in [0.2, 0.25) is 0 Å². The highest BCUT2D eigenvalue weighted by atomic mass is 35.5. The molecule has 0 aliphatic heterocycles. The first-order valence-electron chi connectivity index (χ1n) is 6.91. The number of benzene rings is 2. The predicted octanol–water partition coefficient (Wildman–Crippen LogP) is 3.96. The zero-order valence-electron chi connectivity index (χ0n) is 11.8. The largest absolute Gasteiger partial charge is 0.357 e. The van der Waals surface area contributed by atoms with Crippen LogP contribution >= 0.6 is 11.6 Å². The lowest BCUT2D eigenvalue weighted by Gasteiger charge is -2.19.